The van der Waals surface area contributed by atoms with Crippen LogP contribution in [-0.2, 0) is 0 Å². The van der Waals surface area contributed by atoms with E-state index in [4.69, 9.17) is 0 Å². The van der Waals surface area contributed by atoms with Crippen molar-refractivity contribution in [1.82, 2.24) is 19.3 Å². The Hall–Kier alpha value is -5.00. The van der Waals surface area contributed by atoms with E-state index in [9.17, 15) is 0 Å². The topological polar surface area (TPSA) is 35.6 Å². The first-order chi connectivity index (χ1) is 19.4. The molecule has 0 bridgehead atoms. The van der Waals surface area contributed by atoms with Crippen LogP contribution >= 0.6 is 11.3 Å². The minimum Gasteiger partial charge on any atom is -0.308 e. The number of thiophene rings is 1. The number of nitrogens with zero attached hydrogens (tertiary/aromatic N) is 4. The van der Waals surface area contributed by atoms with E-state index in [-0.39, 0.29) is 0 Å². The summed E-state index contributed by atoms with van der Waals surface area (Å²) in [6, 6.07) is 44.6. The van der Waals surface area contributed by atoms with Gasteiger partial charge in [-0.2, -0.15) is 0 Å². The number of hydrogen-bond acceptors (Lipinski definition) is 3. The van der Waals surface area contributed by atoms with E-state index in [0.29, 0.717) is 0 Å². The number of para-hydroxylation sites is 1. The summed E-state index contributed by atoms with van der Waals surface area (Å²) in [7, 11) is 0. The van der Waals surface area contributed by atoms with Crippen LogP contribution in [0, 0.1) is 0 Å². The van der Waals surface area contributed by atoms with Crippen molar-refractivity contribution in [3.63, 3.8) is 0 Å². The Labute approximate surface area is 229 Å². The van der Waals surface area contributed by atoms with Gasteiger partial charge in [-0.05, 0) is 47.2 Å². The highest BCUT2D eigenvalue weighted by atomic mass is 32.1. The first-order valence-electron chi connectivity index (χ1n) is 12.9. The molecule has 39 heavy (non-hydrogen) atoms. The molecule has 8 aromatic rings. The van der Waals surface area contributed by atoms with Gasteiger partial charge in [-0.25, -0.2) is 0 Å². The maximum atomic E-state index is 4.63. The monoisotopic (exact) mass is 518 g/mol. The van der Waals surface area contributed by atoms with Crippen molar-refractivity contribution in [1.29, 1.82) is 0 Å². The van der Waals surface area contributed by atoms with Gasteiger partial charge in [0, 0.05) is 33.3 Å². The van der Waals surface area contributed by atoms with Crippen molar-refractivity contribution < 1.29 is 0 Å². The van der Waals surface area contributed by atoms with Gasteiger partial charge in [0.1, 0.15) is 0 Å². The Morgan fingerprint density at radius 3 is 1.74 bits per heavy atom. The number of hydrogen-bond donors (Lipinski definition) is 0. The lowest BCUT2D eigenvalue weighted by molar-refractivity contribution is 1.07. The SMILES string of the molecule is c1ccc(-c2nnc(-c3ccccc3)n2-c2ccc(-n3c4ccccc4c4ccc5ccsc5c43)cc2)cc1. The van der Waals surface area contributed by atoms with Crippen LogP contribution in [0.5, 0.6) is 0 Å². The third-order valence-corrected chi connectivity index (χ3v) is 8.28. The predicted octanol–water partition coefficient (Wildman–Crippen LogP) is 8.91. The third kappa shape index (κ3) is 3.44. The molecule has 0 saturated heterocycles. The zero-order chi connectivity index (χ0) is 25.8. The summed E-state index contributed by atoms with van der Waals surface area (Å²) in [5.74, 6) is 1.64. The predicted molar refractivity (Wildman–Crippen MR) is 162 cm³/mol. The summed E-state index contributed by atoms with van der Waals surface area (Å²) < 4.78 is 5.86. The second kappa shape index (κ2) is 8.79. The molecule has 0 spiro atoms. The van der Waals surface area contributed by atoms with Crippen molar-refractivity contribution in [3.05, 3.63) is 133 Å². The van der Waals surface area contributed by atoms with Gasteiger partial charge in [-0.3, -0.25) is 4.57 Å². The second-order valence-corrected chi connectivity index (χ2v) is 10.5. The summed E-state index contributed by atoms with van der Waals surface area (Å²) in [4.78, 5) is 0. The fraction of sp³-hybridized carbons (Fsp3) is 0. The second-order valence-electron chi connectivity index (χ2n) is 9.58. The van der Waals surface area contributed by atoms with Gasteiger partial charge in [0.2, 0.25) is 0 Å². The van der Waals surface area contributed by atoms with Crippen LogP contribution in [-0.4, -0.2) is 19.3 Å². The average Bonchev–Trinajstić information content (AvgIpc) is 3.74. The molecule has 0 N–H and O–H groups in total. The van der Waals surface area contributed by atoms with Crippen molar-refractivity contribution >= 4 is 43.2 Å². The third-order valence-electron chi connectivity index (χ3n) is 7.35. The van der Waals surface area contributed by atoms with Gasteiger partial charge >= 0.3 is 0 Å². The highest BCUT2D eigenvalue weighted by Gasteiger charge is 2.19. The molecule has 0 fully saturated rings. The average molecular weight is 519 g/mol. The molecule has 8 rings (SSSR count). The minimum atomic E-state index is 0.819. The maximum Gasteiger partial charge on any atom is 0.168 e. The first-order valence-corrected chi connectivity index (χ1v) is 13.8. The van der Waals surface area contributed by atoms with E-state index in [1.54, 1.807) is 11.3 Å². The molecule has 0 saturated carbocycles. The number of benzene rings is 5. The summed E-state index contributed by atoms with van der Waals surface area (Å²) in [5, 5.41) is 15.3. The molecule has 0 aliphatic heterocycles. The van der Waals surface area contributed by atoms with Gasteiger partial charge in [-0.1, -0.05) is 91.0 Å². The molecule has 0 aliphatic carbocycles. The molecule has 0 radical (unpaired) electrons. The molecule has 184 valence electrons. The van der Waals surface area contributed by atoms with E-state index in [2.05, 4.69) is 116 Å². The molecule has 4 nitrogen and oxygen atoms in total. The molecule has 5 aromatic carbocycles. The number of aromatic nitrogens is 4. The summed E-state index contributed by atoms with van der Waals surface area (Å²) in [6.45, 7) is 0. The van der Waals surface area contributed by atoms with Crippen LogP contribution in [0.25, 0.3) is 66.0 Å². The molecule has 3 aromatic heterocycles. The molecule has 5 heteroatoms. The van der Waals surface area contributed by atoms with Gasteiger partial charge in [0.05, 0.1) is 15.7 Å². The Bertz CT molecular complexity index is 2040. The summed E-state index contributed by atoms with van der Waals surface area (Å²) in [6.07, 6.45) is 0. The van der Waals surface area contributed by atoms with Crippen LogP contribution < -0.4 is 0 Å². The Kier molecular flexibility index (Phi) is 4.96. The van der Waals surface area contributed by atoms with E-state index < -0.39 is 0 Å². The van der Waals surface area contributed by atoms with Crippen molar-refractivity contribution in [2.45, 2.75) is 0 Å². The smallest absolute Gasteiger partial charge is 0.168 e. The lowest BCUT2D eigenvalue weighted by atomic mass is 10.1. The standard InChI is InChI=1S/C34H22N4S/c1-3-9-24(10-4-1)33-35-36-34(25-11-5-2-6-12-25)38(33)27-18-16-26(17-19-27)37-30-14-8-7-13-28(30)29-20-15-23-21-22-39-32(23)31(29)37/h1-22H. The van der Waals surface area contributed by atoms with Crippen LogP contribution in [0.15, 0.2) is 133 Å². The quantitative estimate of drug-likeness (QED) is 0.233. The Morgan fingerprint density at radius 1 is 0.487 bits per heavy atom. The van der Waals surface area contributed by atoms with E-state index in [1.807, 2.05) is 36.4 Å². The van der Waals surface area contributed by atoms with Crippen LogP contribution in [0.2, 0.25) is 0 Å². The van der Waals surface area contributed by atoms with Crippen molar-refractivity contribution in [2.75, 3.05) is 0 Å². The van der Waals surface area contributed by atoms with Crippen molar-refractivity contribution in [3.8, 4) is 34.2 Å². The molecule has 0 unspecified atom stereocenters. The Balaban J connectivity index is 1.35. The lowest BCUT2D eigenvalue weighted by Crippen LogP contribution is -2.01. The highest BCUT2D eigenvalue weighted by Crippen LogP contribution is 2.39. The summed E-state index contributed by atoms with van der Waals surface area (Å²) in [5.41, 5.74) is 6.67. The zero-order valence-electron chi connectivity index (χ0n) is 20.9. The number of fused-ring (bicyclic) bond motifs is 5. The lowest BCUT2D eigenvalue weighted by Gasteiger charge is -2.13. The number of rotatable bonds is 4. The van der Waals surface area contributed by atoms with E-state index in [1.165, 1.54) is 31.9 Å². The van der Waals surface area contributed by atoms with Gasteiger partial charge in [0.25, 0.3) is 0 Å². The van der Waals surface area contributed by atoms with Crippen LogP contribution in [0.3, 0.4) is 0 Å². The zero-order valence-corrected chi connectivity index (χ0v) is 21.7. The van der Waals surface area contributed by atoms with E-state index >= 15 is 0 Å². The van der Waals surface area contributed by atoms with Gasteiger partial charge in [-0.15, -0.1) is 21.5 Å². The Morgan fingerprint density at radius 2 is 1.08 bits per heavy atom. The fourth-order valence-electron chi connectivity index (χ4n) is 5.57. The van der Waals surface area contributed by atoms with Gasteiger partial charge in [0.15, 0.2) is 11.6 Å². The molecule has 0 amide bonds. The van der Waals surface area contributed by atoms with Crippen LogP contribution in [0.1, 0.15) is 0 Å². The molecular formula is C34H22N4S. The van der Waals surface area contributed by atoms with Crippen LogP contribution in [0.4, 0.5) is 0 Å². The molecule has 0 atom stereocenters. The maximum absolute atomic E-state index is 4.63. The first kappa shape index (κ1) is 22.0. The van der Waals surface area contributed by atoms with E-state index in [0.717, 1.165) is 34.2 Å². The molecular weight excluding hydrogens is 496 g/mol. The largest absolute Gasteiger partial charge is 0.308 e. The fourth-order valence-corrected chi connectivity index (χ4v) is 6.51. The van der Waals surface area contributed by atoms with Crippen molar-refractivity contribution in [2.24, 2.45) is 0 Å². The molecule has 0 aliphatic rings. The molecule has 3 heterocycles. The normalized spacial score (nSPS) is 11.6. The highest BCUT2D eigenvalue weighted by molar-refractivity contribution is 7.18. The summed E-state index contributed by atoms with van der Waals surface area (Å²) >= 11 is 1.80. The minimum absolute atomic E-state index is 0.819. The van der Waals surface area contributed by atoms with Gasteiger partial charge < -0.3 is 4.57 Å².